The van der Waals surface area contributed by atoms with Crippen LogP contribution in [0.4, 0.5) is 8.78 Å². The minimum atomic E-state index is -0.801. The summed E-state index contributed by atoms with van der Waals surface area (Å²) in [5.41, 5.74) is 5.88. The van der Waals surface area contributed by atoms with Crippen LogP contribution in [-0.2, 0) is 0 Å². The molecule has 5 heteroatoms. The number of hydrogen-bond donors (Lipinski definition) is 2. The molecule has 0 aliphatic carbocycles. The zero-order valence-electron chi connectivity index (χ0n) is 10.6. The fourth-order valence-corrected chi connectivity index (χ4v) is 1.69. The first kappa shape index (κ1) is 14.9. The van der Waals surface area contributed by atoms with Gasteiger partial charge in [-0.3, -0.25) is 0 Å². The van der Waals surface area contributed by atoms with Crippen molar-refractivity contribution in [3.63, 3.8) is 0 Å². The monoisotopic (exact) mass is 259 g/mol. The lowest BCUT2D eigenvalue weighted by Gasteiger charge is -2.24. The normalized spacial score (nSPS) is 14.6. The van der Waals surface area contributed by atoms with Crippen molar-refractivity contribution in [3.8, 4) is 5.75 Å². The molecule has 0 saturated carbocycles. The smallest absolute Gasteiger partial charge is 0.167 e. The lowest BCUT2D eigenvalue weighted by Crippen LogP contribution is -2.42. The molecule has 0 aliphatic rings. The van der Waals surface area contributed by atoms with Gasteiger partial charge in [-0.15, -0.1) is 0 Å². The fraction of sp³-hybridized carbons (Fsp3) is 0.538. The summed E-state index contributed by atoms with van der Waals surface area (Å²) >= 11 is 0. The van der Waals surface area contributed by atoms with Crippen LogP contribution in [0.25, 0.3) is 0 Å². The minimum Gasteiger partial charge on any atom is -0.483 e. The summed E-state index contributed by atoms with van der Waals surface area (Å²) in [6, 6.07) is 2.62. The molecule has 102 valence electrons. The summed E-state index contributed by atoms with van der Waals surface area (Å²) in [5, 5.41) is 9.21. The van der Waals surface area contributed by atoms with E-state index >= 15 is 0 Å². The average Bonchev–Trinajstić information content (AvgIpc) is 2.27. The maximum Gasteiger partial charge on any atom is 0.167 e. The van der Waals surface area contributed by atoms with E-state index in [1.165, 1.54) is 6.07 Å². The van der Waals surface area contributed by atoms with Gasteiger partial charge in [0.15, 0.2) is 11.6 Å². The zero-order valence-corrected chi connectivity index (χ0v) is 10.6. The van der Waals surface area contributed by atoms with Crippen molar-refractivity contribution in [2.45, 2.75) is 32.4 Å². The van der Waals surface area contributed by atoms with Gasteiger partial charge in [-0.2, -0.15) is 0 Å². The van der Waals surface area contributed by atoms with Crippen LogP contribution in [0.5, 0.6) is 5.75 Å². The standard InChI is InChI=1S/C13H19F2NO2/c1-8(2)5-11(16)13(7-17)18-12-4-3-9(14)6-10(12)15/h3-4,6,8,11,13,17H,5,7,16H2,1-2H3. The molecule has 2 unspecified atom stereocenters. The predicted molar refractivity (Wildman–Crippen MR) is 65.3 cm³/mol. The van der Waals surface area contributed by atoms with Gasteiger partial charge >= 0.3 is 0 Å². The third-order valence-electron chi connectivity index (χ3n) is 2.57. The second kappa shape index (κ2) is 6.66. The van der Waals surface area contributed by atoms with Crippen LogP contribution in [0.3, 0.4) is 0 Å². The number of rotatable bonds is 6. The van der Waals surface area contributed by atoms with Gasteiger partial charge < -0.3 is 15.6 Å². The first-order valence-corrected chi connectivity index (χ1v) is 5.92. The third-order valence-corrected chi connectivity index (χ3v) is 2.57. The second-order valence-electron chi connectivity index (χ2n) is 4.71. The predicted octanol–water partition coefficient (Wildman–Crippen LogP) is 2.08. The van der Waals surface area contributed by atoms with E-state index in [1.54, 1.807) is 0 Å². The van der Waals surface area contributed by atoms with Gasteiger partial charge in [-0.1, -0.05) is 13.8 Å². The van der Waals surface area contributed by atoms with E-state index in [0.29, 0.717) is 12.3 Å². The van der Waals surface area contributed by atoms with Crippen molar-refractivity contribution in [3.05, 3.63) is 29.8 Å². The largest absolute Gasteiger partial charge is 0.483 e. The van der Waals surface area contributed by atoms with E-state index in [4.69, 9.17) is 10.5 Å². The van der Waals surface area contributed by atoms with Crippen LogP contribution in [0.1, 0.15) is 20.3 Å². The van der Waals surface area contributed by atoms with Gasteiger partial charge in [0.25, 0.3) is 0 Å². The molecule has 1 aromatic rings. The molecular weight excluding hydrogens is 240 g/mol. The number of aliphatic hydroxyl groups is 1. The maximum absolute atomic E-state index is 13.4. The molecule has 18 heavy (non-hydrogen) atoms. The Morgan fingerprint density at radius 2 is 2.00 bits per heavy atom. The summed E-state index contributed by atoms with van der Waals surface area (Å²) in [6.45, 7) is 3.67. The Kier molecular flexibility index (Phi) is 5.50. The van der Waals surface area contributed by atoms with Gasteiger partial charge in [0.2, 0.25) is 0 Å². The first-order valence-electron chi connectivity index (χ1n) is 5.92. The molecular formula is C13H19F2NO2. The number of hydrogen-bond acceptors (Lipinski definition) is 3. The molecule has 0 amide bonds. The molecule has 0 bridgehead atoms. The van der Waals surface area contributed by atoms with Crippen LogP contribution in [0, 0.1) is 17.6 Å². The summed E-state index contributed by atoms with van der Waals surface area (Å²) in [7, 11) is 0. The molecule has 0 heterocycles. The number of nitrogens with two attached hydrogens (primary N) is 1. The van der Waals surface area contributed by atoms with Gasteiger partial charge in [-0.25, -0.2) is 8.78 Å². The van der Waals surface area contributed by atoms with E-state index in [0.717, 1.165) is 12.1 Å². The van der Waals surface area contributed by atoms with Crippen molar-refractivity contribution in [2.24, 2.45) is 11.7 Å². The van der Waals surface area contributed by atoms with Crippen molar-refractivity contribution in [2.75, 3.05) is 6.61 Å². The fourth-order valence-electron chi connectivity index (χ4n) is 1.69. The van der Waals surface area contributed by atoms with Crippen LogP contribution in [0.2, 0.25) is 0 Å². The van der Waals surface area contributed by atoms with Crippen LogP contribution < -0.4 is 10.5 Å². The summed E-state index contributed by atoms with van der Waals surface area (Å²) in [5.74, 6) is -1.23. The van der Waals surface area contributed by atoms with E-state index < -0.39 is 23.8 Å². The lowest BCUT2D eigenvalue weighted by atomic mass is 10.0. The molecule has 3 N–H and O–H groups in total. The first-order chi connectivity index (χ1) is 8.43. The summed E-state index contributed by atoms with van der Waals surface area (Å²) in [4.78, 5) is 0. The van der Waals surface area contributed by atoms with Crippen molar-refractivity contribution in [1.82, 2.24) is 0 Å². The number of benzene rings is 1. The molecule has 0 spiro atoms. The second-order valence-corrected chi connectivity index (χ2v) is 4.71. The Bertz CT molecular complexity index is 385. The number of ether oxygens (including phenoxy) is 1. The number of halogens is 2. The molecule has 0 saturated heterocycles. The highest BCUT2D eigenvalue weighted by Crippen LogP contribution is 2.20. The van der Waals surface area contributed by atoms with E-state index in [1.807, 2.05) is 13.8 Å². The van der Waals surface area contributed by atoms with Gasteiger partial charge in [-0.05, 0) is 24.5 Å². The molecule has 0 aliphatic heterocycles. The SMILES string of the molecule is CC(C)CC(N)C(CO)Oc1ccc(F)cc1F. The average molecular weight is 259 g/mol. The van der Waals surface area contributed by atoms with E-state index in [-0.39, 0.29) is 12.4 Å². The van der Waals surface area contributed by atoms with Crippen LogP contribution >= 0.6 is 0 Å². The number of aliphatic hydroxyl groups excluding tert-OH is 1. The Morgan fingerprint density at radius 1 is 1.33 bits per heavy atom. The summed E-state index contributed by atoms with van der Waals surface area (Å²) < 4.78 is 31.4. The van der Waals surface area contributed by atoms with Crippen LogP contribution in [-0.4, -0.2) is 23.9 Å². The van der Waals surface area contributed by atoms with Gasteiger partial charge in [0, 0.05) is 12.1 Å². The Balaban J connectivity index is 2.73. The van der Waals surface area contributed by atoms with Crippen molar-refractivity contribution >= 4 is 0 Å². The Labute approximate surface area is 106 Å². The molecule has 0 fully saturated rings. The molecule has 1 rings (SSSR count). The Morgan fingerprint density at radius 3 is 2.50 bits per heavy atom. The molecule has 0 radical (unpaired) electrons. The van der Waals surface area contributed by atoms with Crippen LogP contribution in [0.15, 0.2) is 18.2 Å². The summed E-state index contributed by atoms with van der Waals surface area (Å²) in [6.07, 6.45) is -0.0547. The molecule has 2 atom stereocenters. The van der Waals surface area contributed by atoms with E-state index in [2.05, 4.69) is 0 Å². The van der Waals surface area contributed by atoms with Crippen molar-refractivity contribution < 1.29 is 18.6 Å². The maximum atomic E-state index is 13.4. The van der Waals surface area contributed by atoms with Crippen molar-refractivity contribution in [1.29, 1.82) is 0 Å². The van der Waals surface area contributed by atoms with Gasteiger partial charge in [0.05, 0.1) is 6.61 Å². The lowest BCUT2D eigenvalue weighted by molar-refractivity contribution is 0.0845. The highest BCUT2D eigenvalue weighted by Gasteiger charge is 2.21. The molecule has 3 nitrogen and oxygen atoms in total. The highest BCUT2D eigenvalue weighted by molar-refractivity contribution is 5.25. The van der Waals surface area contributed by atoms with Gasteiger partial charge in [0.1, 0.15) is 11.9 Å². The zero-order chi connectivity index (χ0) is 13.7. The minimum absolute atomic E-state index is 0.102. The van der Waals surface area contributed by atoms with E-state index in [9.17, 15) is 13.9 Å². The quantitative estimate of drug-likeness (QED) is 0.822. The molecule has 1 aromatic carbocycles. The topological polar surface area (TPSA) is 55.5 Å². The third kappa shape index (κ3) is 4.23. The Hall–Kier alpha value is -1.20. The highest BCUT2D eigenvalue weighted by atomic mass is 19.1. The molecule has 0 aromatic heterocycles.